The molecule has 3 aliphatic heterocycles. The Labute approximate surface area is 225 Å². The molecule has 200 valence electrons. The van der Waals surface area contributed by atoms with E-state index in [0.717, 1.165) is 48.7 Å². The summed E-state index contributed by atoms with van der Waals surface area (Å²) in [6.45, 7) is 0.427. The molecule has 0 aliphatic carbocycles. The average Bonchev–Trinajstić information content (AvgIpc) is 3.34. The molecule has 3 aromatic rings. The highest BCUT2D eigenvalue weighted by atomic mass is 32.2. The standard InChI is InChI=1S/C25H30N8O3S2/c1-31(20-10-18-6-4-7-19(11-20)33(18)38(35,36)32-13-16(12-26)14-32)22-9-17-5-2-3-8-21(17)24(27-22)28-25-30-29-23(15-34)37-25/h2-3,5,8-9,16,18-20,34H,4,6-7,10-11,13-15H2,1H3,(H,27,28,30)/t18-,19+,20-. The fourth-order valence-corrected chi connectivity index (χ4v) is 8.70. The van der Waals surface area contributed by atoms with E-state index in [0.29, 0.717) is 29.0 Å². The number of benzene rings is 1. The third kappa shape index (κ3) is 4.50. The monoisotopic (exact) mass is 554 g/mol. The molecule has 3 atom stereocenters. The number of nitriles is 1. The number of piperidine rings is 2. The van der Waals surface area contributed by atoms with Crippen LogP contribution in [-0.2, 0) is 16.8 Å². The third-order valence-corrected chi connectivity index (χ3v) is 10.9. The minimum absolute atomic E-state index is 0.0579. The second-order valence-electron chi connectivity index (χ2n) is 10.3. The molecule has 6 rings (SSSR count). The minimum Gasteiger partial charge on any atom is -0.389 e. The van der Waals surface area contributed by atoms with Crippen molar-refractivity contribution < 1.29 is 13.5 Å². The molecular formula is C25H30N8O3S2. The first-order valence-corrected chi connectivity index (χ1v) is 15.1. The van der Waals surface area contributed by atoms with Crippen molar-refractivity contribution in [3.05, 3.63) is 35.3 Å². The van der Waals surface area contributed by atoms with Crippen molar-refractivity contribution in [3.8, 4) is 6.07 Å². The highest BCUT2D eigenvalue weighted by Crippen LogP contribution is 2.41. The van der Waals surface area contributed by atoms with Gasteiger partial charge in [-0.25, -0.2) is 4.98 Å². The quantitative estimate of drug-likeness (QED) is 0.451. The molecule has 0 unspecified atom stereocenters. The lowest BCUT2D eigenvalue weighted by Crippen LogP contribution is -2.64. The van der Waals surface area contributed by atoms with Gasteiger partial charge in [0.05, 0.1) is 18.6 Å². The molecule has 3 aliphatic rings. The first-order valence-electron chi connectivity index (χ1n) is 12.9. The van der Waals surface area contributed by atoms with Gasteiger partial charge in [0.2, 0.25) is 5.13 Å². The molecular weight excluding hydrogens is 524 g/mol. The Hall–Kier alpha value is -2.89. The van der Waals surface area contributed by atoms with Crippen LogP contribution in [0.4, 0.5) is 16.8 Å². The van der Waals surface area contributed by atoms with Gasteiger partial charge >= 0.3 is 0 Å². The van der Waals surface area contributed by atoms with Gasteiger partial charge in [-0.1, -0.05) is 42.0 Å². The van der Waals surface area contributed by atoms with Gasteiger partial charge in [-0.05, 0) is 37.1 Å². The SMILES string of the molecule is CN(c1cc2ccccc2c(Nc2nnc(CO)s2)n1)[C@@H]1C[C@H]2CCC[C@@H](C1)N2S(=O)(=O)N1CC(C#N)C1. The summed E-state index contributed by atoms with van der Waals surface area (Å²) in [6, 6.07) is 12.3. The van der Waals surface area contributed by atoms with E-state index in [1.54, 1.807) is 4.31 Å². The Morgan fingerprint density at radius 2 is 1.95 bits per heavy atom. The van der Waals surface area contributed by atoms with Crippen LogP contribution in [0.15, 0.2) is 30.3 Å². The van der Waals surface area contributed by atoms with E-state index in [2.05, 4.69) is 32.5 Å². The van der Waals surface area contributed by atoms with Crippen molar-refractivity contribution in [2.45, 2.75) is 56.8 Å². The molecule has 0 spiro atoms. The van der Waals surface area contributed by atoms with Gasteiger partial charge in [0, 0.05) is 43.6 Å². The molecule has 2 bridgehead atoms. The number of nitrogens with zero attached hydrogens (tertiary/aromatic N) is 7. The molecule has 0 saturated carbocycles. The van der Waals surface area contributed by atoms with Crippen molar-refractivity contribution in [2.75, 3.05) is 30.4 Å². The zero-order chi connectivity index (χ0) is 26.4. The van der Waals surface area contributed by atoms with Crippen LogP contribution in [0.5, 0.6) is 0 Å². The lowest BCUT2D eigenvalue weighted by atomic mass is 9.83. The van der Waals surface area contributed by atoms with Crippen molar-refractivity contribution in [1.29, 1.82) is 5.26 Å². The Bertz CT molecular complexity index is 1470. The molecule has 2 aromatic heterocycles. The Kier molecular flexibility index (Phi) is 6.69. The smallest absolute Gasteiger partial charge is 0.282 e. The molecule has 3 saturated heterocycles. The van der Waals surface area contributed by atoms with Gasteiger partial charge < -0.3 is 15.3 Å². The zero-order valence-electron chi connectivity index (χ0n) is 21.1. The molecule has 38 heavy (non-hydrogen) atoms. The second kappa shape index (κ2) is 10.0. The fraction of sp³-hybridized carbons (Fsp3) is 0.520. The third-order valence-electron chi connectivity index (χ3n) is 7.97. The van der Waals surface area contributed by atoms with E-state index in [4.69, 9.17) is 10.2 Å². The number of aromatic nitrogens is 3. The van der Waals surface area contributed by atoms with E-state index in [9.17, 15) is 13.5 Å². The van der Waals surface area contributed by atoms with Crippen molar-refractivity contribution in [3.63, 3.8) is 0 Å². The average molecular weight is 555 g/mol. The van der Waals surface area contributed by atoms with Crippen molar-refractivity contribution >= 4 is 49.1 Å². The van der Waals surface area contributed by atoms with Gasteiger partial charge in [-0.3, -0.25) is 0 Å². The van der Waals surface area contributed by atoms with Crippen LogP contribution < -0.4 is 10.2 Å². The first kappa shape index (κ1) is 25.4. The van der Waals surface area contributed by atoms with Crippen LogP contribution in [0.1, 0.15) is 37.1 Å². The summed E-state index contributed by atoms with van der Waals surface area (Å²) in [6.07, 6.45) is 4.18. The largest absolute Gasteiger partial charge is 0.389 e. The van der Waals surface area contributed by atoms with Gasteiger partial charge in [-0.2, -0.15) is 22.3 Å². The zero-order valence-corrected chi connectivity index (χ0v) is 22.7. The van der Waals surface area contributed by atoms with E-state index in [-0.39, 0.29) is 30.7 Å². The summed E-state index contributed by atoms with van der Waals surface area (Å²) >= 11 is 1.28. The predicted octanol–water partition coefficient (Wildman–Crippen LogP) is 2.84. The number of pyridine rings is 1. The van der Waals surface area contributed by atoms with E-state index >= 15 is 0 Å². The minimum atomic E-state index is -3.57. The summed E-state index contributed by atoms with van der Waals surface area (Å²) in [4.78, 5) is 7.14. The number of hydrogen-bond donors (Lipinski definition) is 2. The highest BCUT2D eigenvalue weighted by Gasteiger charge is 2.49. The van der Waals surface area contributed by atoms with E-state index in [1.165, 1.54) is 15.6 Å². The van der Waals surface area contributed by atoms with Crippen molar-refractivity contribution in [2.24, 2.45) is 5.92 Å². The predicted molar refractivity (Wildman–Crippen MR) is 145 cm³/mol. The molecule has 0 radical (unpaired) electrons. The van der Waals surface area contributed by atoms with Crippen molar-refractivity contribution in [1.82, 2.24) is 23.8 Å². The van der Waals surface area contributed by atoms with Crippen LogP contribution in [0.2, 0.25) is 0 Å². The Morgan fingerprint density at radius 1 is 1.21 bits per heavy atom. The number of rotatable bonds is 7. The maximum atomic E-state index is 13.5. The van der Waals surface area contributed by atoms with Gasteiger partial charge in [0.15, 0.2) is 0 Å². The lowest BCUT2D eigenvalue weighted by Gasteiger charge is -2.52. The Balaban J connectivity index is 1.26. The molecule has 2 N–H and O–H groups in total. The Morgan fingerprint density at radius 3 is 2.63 bits per heavy atom. The first-order chi connectivity index (χ1) is 18.4. The lowest BCUT2D eigenvalue weighted by molar-refractivity contribution is 0.0932. The maximum absolute atomic E-state index is 13.5. The second-order valence-corrected chi connectivity index (χ2v) is 13.2. The number of anilines is 3. The van der Waals surface area contributed by atoms with Crippen LogP contribution in [-0.4, -0.2) is 75.6 Å². The topological polar surface area (TPSA) is 139 Å². The van der Waals surface area contributed by atoms with Crippen LogP contribution in [0.3, 0.4) is 0 Å². The molecule has 1 aromatic carbocycles. The normalized spacial score (nSPS) is 24.6. The molecule has 5 heterocycles. The fourth-order valence-electron chi connectivity index (χ4n) is 5.96. The summed E-state index contributed by atoms with van der Waals surface area (Å²) in [7, 11) is -1.53. The molecule has 11 nitrogen and oxygen atoms in total. The summed E-state index contributed by atoms with van der Waals surface area (Å²) in [5.41, 5.74) is 0. The number of fused-ring (bicyclic) bond motifs is 3. The van der Waals surface area contributed by atoms with Crippen LogP contribution >= 0.6 is 11.3 Å². The van der Waals surface area contributed by atoms with E-state index in [1.807, 2.05) is 31.3 Å². The number of hydrogen-bond acceptors (Lipinski definition) is 10. The van der Waals surface area contributed by atoms with Gasteiger partial charge in [-0.15, -0.1) is 10.2 Å². The highest BCUT2D eigenvalue weighted by molar-refractivity contribution is 7.86. The van der Waals surface area contributed by atoms with Crippen LogP contribution in [0.25, 0.3) is 10.8 Å². The summed E-state index contributed by atoms with van der Waals surface area (Å²) < 4.78 is 30.1. The summed E-state index contributed by atoms with van der Waals surface area (Å²) in [5.74, 6) is 1.26. The van der Waals surface area contributed by atoms with Gasteiger partial charge in [0.1, 0.15) is 16.6 Å². The van der Waals surface area contributed by atoms with Crippen LogP contribution in [0, 0.1) is 17.2 Å². The van der Waals surface area contributed by atoms with Gasteiger partial charge in [0.25, 0.3) is 10.2 Å². The molecule has 0 amide bonds. The number of aliphatic hydroxyl groups excluding tert-OH is 1. The maximum Gasteiger partial charge on any atom is 0.282 e. The molecule has 3 fully saturated rings. The molecule has 13 heteroatoms. The van der Waals surface area contributed by atoms with E-state index < -0.39 is 10.2 Å². The summed E-state index contributed by atoms with van der Waals surface area (Å²) in [5, 5.41) is 32.9. The number of nitrogens with one attached hydrogen (secondary N) is 1. The number of aliphatic hydroxyl groups is 1.